The molecule has 354 valence electrons. The average molecular weight is 941 g/mol. The molecule has 5 rings (SSSR count). The molecule has 0 radical (unpaired) electrons. The van der Waals surface area contributed by atoms with E-state index in [1.54, 1.807) is 0 Å². The Bertz CT molecular complexity index is 1850. The molecule has 4 aromatic rings. The molecule has 0 unspecified atom stereocenters. The van der Waals surface area contributed by atoms with Crippen molar-refractivity contribution >= 4 is 47.2 Å². The van der Waals surface area contributed by atoms with Crippen LogP contribution in [0, 0.1) is 0 Å². The highest BCUT2D eigenvalue weighted by atomic mass is 28.4. The predicted molar refractivity (Wildman–Crippen MR) is 274 cm³/mol. The molecule has 1 heterocycles. The van der Waals surface area contributed by atoms with E-state index in [4.69, 9.17) is 36.0 Å². The van der Waals surface area contributed by atoms with Crippen LogP contribution in [0.25, 0.3) is 21.5 Å². The van der Waals surface area contributed by atoms with Crippen LogP contribution in [0.3, 0.4) is 0 Å². The molecule has 2 N–H and O–H groups in total. The fourth-order valence-corrected chi connectivity index (χ4v) is 17.9. The highest BCUT2D eigenvalue weighted by molar-refractivity contribution is 7.13. The summed E-state index contributed by atoms with van der Waals surface area (Å²) in [6.07, 6.45) is 1.83. The molecule has 0 amide bonds. The lowest BCUT2D eigenvalue weighted by atomic mass is 9.89. The molecule has 10 nitrogen and oxygen atoms in total. The molecule has 0 aromatic heterocycles. The van der Waals surface area contributed by atoms with Crippen LogP contribution in [0.15, 0.2) is 109 Å². The first-order valence-electron chi connectivity index (χ1n) is 24.0. The van der Waals surface area contributed by atoms with Gasteiger partial charge in [-0.1, -0.05) is 98.0 Å². The van der Waals surface area contributed by atoms with Gasteiger partial charge in [-0.3, -0.25) is 0 Å². The van der Waals surface area contributed by atoms with Gasteiger partial charge in [-0.15, -0.1) is 0 Å². The summed E-state index contributed by atoms with van der Waals surface area (Å²) in [5, 5.41) is 9.90. The van der Waals surface area contributed by atoms with Gasteiger partial charge in [-0.05, 0) is 136 Å². The molecule has 0 fully saturated rings. The van der Waals surface area contributed by atoms with E-state index >= 15 is 0 Å². The second-order valence-corrected chi connectivity index (χ2v) is 26.0. The van der Waals surface area contributed by atoms with Gasteiger partial charge in [0.1, 0.15) is 32.8 Å². The highest BCUT2D eigenvalue weighted by Gasteiger charge is 2.44. The predicted octanol–water partition coefficient (Wildman–Crippen LogP) is 10.8. The van der Waals surface area contributed by atoms with Crippen LogP contribution in [0.2, 0.25) is 25.2 Å². The SMILES string of the molecule is CCO[Si](CCCNCCOc1ccc(C2=C(c3ccccc3)C(c3ccccc3)=C(c3ccc(OCCNCCC[Si](OCC)(OCC)OCC)cc3)[Si]2(C)C)cc1)(OCC)OCC. The summed E-state index contributed by atoms with van der Waals surface area (Å²) in [4.78, 5) is 0. The number of allylic oxidation sites excluding steroid dienone is 2. The van der Waals surface area contributed by atoms with Gasteiger partial charge in [0, 0.05) is 64.8 Å². The molecule has 65 heavy (non-hydrogen) atoms. The number of nitrogens with one attached hydrogen (secondary N) is 2. The van der Waals surface area contributed by atoms with Crippen LogP contribution in [-0.4, -0.2) is 105 Å². The molecule has 0 saturated carbocycles. The zero-order chi connectivity index (χ0) is 46.4. The van der Waals surface area contributed by atoms with E-state index in [2.05, 4.69) is 133 Å². The van der Waals surface area contributed by atoms with Crippen LogP contribution in [-0.2, 0) is 26.6 Å². The Hall–Kier alpha value is -3.71. The van der Waals surface area contributed by atoms with E-state index in [-0.39, 0.29) is 0 Å². The molecular weight excluding hydrogens is 865 g/mol. The molecule has 13 heteroatoms. The van der Waals surface area contributed by atoms with Gasteiger partial charge in [0.05, 0.1) is 0 Å². The summed E-state index contributed by atoms with van der Waals surface area (Å²) in [6, 6.07) is 40.9. The van der Waals surface area contributed by atoms with Crippen LogP contribution in [0.1, 0.15) is 76.6 Å². The molecule has 1 aliphatic heterocycles. The molecule has 0 bridgehead atoms. The van der Waals surface area contributed by atoms with Gasteiger partial charge in [-0.2, -0.15) is 0 Å². The van der Waals surface area contributed by atoms with Crippen molar-refractivity contribution in [2.75, 3.05) is 79.0 Å². The third-order valence-electron chi connectivity index (χ3n) is 11.4. The van der Waals surface area contributed by atoms with Crippen molar-refractivity contribution < 1.29 is 36.0 Å². The minimum Gasteiger partial charge on any atom is -0.492 e. The van der Waals surface area contributed by atoms with E-state index in [1.807, 2.05) is 41.5 Å². The van der Waals surface area contributed by atoms with Crippen LogP contribution in [0.5, 0.6) is 11.5 Å². The summed E-state index contributed by atoms with van der Waals surface area (Å²) in [7, 11) is -7.60. The highest BCUT2D eigenvalue weighted by Crippen LogP contribution is 2.55. The van der Waals surface area contributed by atoms with Gasteiger partial charge in [-0.25, -0.2) is 0 Å². The van der Waals surface area contributed by atoms with E-state index in [0.29, 0.717) is 52.9 Å². The Morgan fingerprint density at radius 3 is 1.03 bits per heavy atom. The maximum Gasteiger partial charge on any atom is 0.500 e. The van der Waals surface area contributed by atoms with Crippen molar-refractivity contribution in [3.63, 3.8) is 0 Å². The topological polar surface area (TPSA) is 97.9 Å². The lowest BCUT2D eigenvalue weighted by Crippen LogP contribution is -2.46. The maximum absolute atomic E-state index is 6.26. The van der Waals surface area contributed by atoms with E-state index in [9.17, 15) is 0 Å². The number of benzene rings is 4. The van der Waals surface area contributed by atoms with Crippen molar-refractivity contribution in [1.29, 1.82) is 0 Å². The Kier molecular flexibility index (Phi) is 21.9. The average Bonchev–Trinajstić information content (AvgIpc) is 3.56. The molecule has 0 spiro atoms. The Morgan fingerprint density at radius 2 is 0.723 bits per heavy atom. The molecule has 1 aliphatic rings. The second kappa shape index (κ2) is 27.2. The monoisotopic (exact) mass is 940 g/mol. The summed E-state index contributed by atoms with van der Waals surface area (Å²) in [5.74, 6) is 1.72. The van der Waals surface area contributed by atoms with Crippen molar-refractivity contribution in [3.8, 4) is 11.5 Å². The summed E-state index contributed by atoms with van der Waals surface area (Å²) in [5.41, 5.74) is 7.52. The Morgan fingerprint density at radius 1 is 0.400 bits per heavy atom. The van der Waals surface area contributed by atoms with Crippen LogP contribution in [0.4, 0.5) is 0 Å². The van der Waals surface area contributed by atoms with Gasteiger partial charge < -0.3 is 46.7 Å². The second-order valence-electron chi connectivity index (χ2n) is 16.3. The van der Waals surface area contributed by atoms with Crippen molar-refractivity contribution in [2.45, 2.75) is 79.6 Å². The molecule has 4 aromatic carbocycles. The van der Waals surface area contributed by atoms with E-state index < -0.39 is 25.7 Å². The van der Waals surface area contributed by atoms with Gasteiger partial charge in [0.25, 0.3) is 0 Å². The summed E-state index contributed by atoms with van der Waals surface area (Å²) in [6.45, 7) is 24.9. The van der Waals surface area contributed by atoms with Crippen molar-refractivity contribution in [2.24, 2.45) is 0 Å². The molecule has 0 atom stereocenters. The van der Waals surface area contributed by atoms with Gasteiger partial charge >= 0.3 is 17.6 Å². The molecule has 0 aliphatic carbocycles. The fraction of sp³-hybridized carbons (Fsp3) is 0.462. The quantitative estimate of drug-likeness (QED) is 0.0364. The van der Waals surface area contributed by atoms with E-state index in [0.717, 1.165) is 62.6 Å². The van der Waals surface area contributed by atoms with Gasteiger partial charge in [0.15, 0.2) is 0 Å². The zero-order valence-electron chi connectivity index (χ0n) is 40.5. The number of hydrogen-bond donors (Lipinski definition) is 2. The third kappa shape index (κ3) is 14.6. The lowest BCUT2D eigenvalue weighted by molar-refractivity contribution is 0.0700. The summed E-state index contributed by atoms with van der Waals surface area (Å²) < 4.78 is 48.6. The van der Waals surface area contributed by atoms with Crippen LogP contribution >= 0.6 is 0 Å². The van der Waals surface area contributed by atoms with E-state index in [1.165, 1.54) is 43.8 Å². The molecule has 0 saturated heterocycles. The smallest absolute Gasteiger partial charge is 0.492 e. The minimum absolute atomic E-state index is 0.573. The largest absolute Gasteiger partial charge is 0.500 e. The minimum atomic E-state index is -2.63. The van der Waals surface area contributed by atoms with Crippen LogP contribution < -0.4 is 20.1 Å². The Balaban J connectivity index is 1.27. The maximum atomic E-state index is 6.26. The number of hydrogen-bond acceptors (Lipinski definition) is 10. The normalized spacial score (nSPS) is 14.1. The Labute approximate surface area is 393 Å². The standard InChI is InChI=1S/C52H76N2O8Si3/c1-9-57-64(58-10-2,59-11-3)41-21-35-53-37-39-55-47-31-27-45(28-32-47)51-49(43-23-17-15-18-24-43)50(44-25-19-16-20-26-44)52(63(51,7)8)46-29-33-48(34-30-46)56-40-38-54-36-22-42-65(60-12-4,61-13-5)62-14-6/h15-20,23-34,53-54H,9-14,21-22,35-42H2,1-8H3. The number of ether oxygens (including phenoxy) is 2. The summed E-state index contributed by atoms with van der Waals surface area (Å²) >= 11 is 0. The zero-order valence-corrected chi connectivity index (χ0v) is 43.5. The van der Waals surface area contributed by atoms with Gasteiger partial charge in [0.2, 0.25) is 0 Å². The first-order valence-corrected chi connectivity index (χ1v) is 30.9. The number of rotatable bonds is 32. The lowest BCUT2D eigenvalue weighted by Gasteiger charge is -2.28. The first kappa shape index (κ1) is 52.3. The third-order valence-corrected chi connectivity index (χ3v) is 21.2. The van der Waals surface area contributed by atoms with Crippen molar-refractivity contribution in [1.82, 2.24) is 10.6 Å². The fourth-order valence-electron chi connectivity index (χ4n) is 8.83. The van der Waals surface area contributed by atoms with Crippen molar-refractivity contribution in [3.05, 3.63) is 131 Å². The molecular formula is C52H76N2O8Si3. The first-order chi connectivity index (χ1) is 31.7.